The Morgan fingerprint density at radius 3 is 2.37 bits per heavy atom. The fraction of sp³-hybridized carbons (Fsp3) is 0.476. The summed E-state index contributed by atoms with van der Waals surface area (Å²) in [6.45, 7) is 1.62. The van der Waals surface area contributed by atoms with Gasteiger partial charge in [0.25, 0.3) is 0 Å². The molecule has 7 atom stereocenters. The Morgan fingerprint density at radius 1 is 1.15 bits per heavy atom. The largest absolute Gasteiger partial charge is 0.497 e. The van der Waals surface area contributed by atoms with E-state index in [0.717, 1.165) is 6.42 Å². The molecule has 2 saturated carbocycles. The highest BCUT2D eigenvalue weighted by molar-refractivity contribution is 6.10. The zero-order valence-electron chi connectivity index (χ0n) is 15.3. The summed E-state index contributed by atoms with van der Waals surface area (Å²) in [7, 11) is 1.56. The van der Waals surface area contributed by atoms with Crippen molar-refractivity contribution in [3.05, 3.63) is 36.4 Å². The number of rotatable bonds is 4. The molecule has 1 N–H and O–H groups in total. The monoisotopic (exact) mass is 366 g/mol. The van der Waals surface area contributed by atoms with Gasteiger partial charge in [0.05, 0.1) is 18.9 Å². The standard InChI is InChI=1S/C21H22N2O4/c1-10(19(24)22-11-4-3-5-12(8-11)27-2)23-20(25)17-13-6-7-14(16-9-15(13)16)18(17)21(23)26/h3-8,10,13-18H,9H2,1-2H3,(H,22,24)/t10-,13-,14-,15-,16-,17-,18+/m0/s1. The van der Waals surface area contributed by atoms with Crippen molar-refractivity contribution < 1.29 is 19.1 Å². The van der Waals surface area contributed by atoms with Crippen molar-refractivity contribution in [1.82, 2.24) is 4.90 Å². The lowest BCUT2D eigenvalue weighted by Crippen LogP contribution is -2.46. The molecule has 1 aliphatic heterocycles. The first-order valence-electron chi connectivity index (χ1n) is 9.51. The molecule has 140 valence electrons. The molecule has 0 unspecified atom stereocenters. The Bertz CT molecular complexity index is 843. The number of nitrogens with zero attached hydrogens (tertiary/aromatic N) is 1. The molecule has 1 saturated heterocycles. The van der Waals surface area contributed by atoms with Gasteiger partial charge in [-0.25, -0.2) is 0 Å². The maximum Gasteiger partial charge on any atom is 0.247 e. The number of carbonyl (C=O) groups excluding carboxylic acids is 3. The number of ether oxygens (including phenoxy) is 1. The van der Waals surface area contributed by atoms with Gasteiger partial charge in [0, 0.05) is 11.8 Å². The number of anilines is 1. The van der Waals surface area contributed by atoms with E-state index in [1.165, 1.54) is 4.90 Å². The number of imide groups is 1. The van der Waals surface area contributed by atoms with E-state index in [-0.39, 0.29) is 41.4 Å². The van der Waals surface area contributed by atoms with Crippen molar-refractivity contribution in [2.75, 3.05) is 12.4 Å². The summed E-state index contributed by atoms with van der Waals surface area (Å²) in [5, 5.41) is 2.79. The van der Waals surface area contributed by atoms with Gasteiger partial charge in [-0.15, -0.1) is 0 Å². The van der Waals surface area contributed by atoms with Crippen LogP contribution in [0, 0.1) is 35.5 Å². The Kier molecular flexibility index (Phi) is 3.48. The maximum absolute atomic E-state index is 13.1. The lowest BCUT2D eigenvalue weighted by atomic mass is 9.63. The van der Waals surface area contributed by atoms with Gasteiger partial charge in [-0.1, -0.05) is 18.2 Å². The molecule has 2 bridgehead atoms. The number of likely N-dealkylation sites (tertiary alicyclic amines) is 1. The Balaban J connectivity index is 1.36. The molecule has 6 nitrogen and oxygen atoms in total. The lowest BCUT2D eigenvalue weighted by Gasteiger charge is -2.37. The second-order valence-electron chi connectivity index (χ2n) is 8.10. The van der Waals surface area contributed by atoms with Crippen LogP contribution in [0.15, 0.2) is 36.4 Å². The van der Waals surface area contributed by atoms with Crippen molar-refractivity contribution in [1.29, 1.82) is 0 Å². The summed E-state index contributed by atoms with van der Waals surface area (Å²) in [5.41, 5.74) is 0.575. The molecule has 4 aliphatic carbocycles. The molecule has 0 radical (unpaired) electrons. The summed E-state index contributed by atoms with van der Waals surface area (Å²) in [6.07, 6.45) is 5.40. The second-order valence-corrected chi connectivity index (χ2v) is 8.10. The molecule has 3 amide bonds. The van der Waals surface area contributed by atoms with Crippen molar-refractivity contribution >= 4 is 23.4 Å². The quantitative estimate of drug-likeness (QED) is 0.654. The normalized spacial score (nSPS) is 36.3. The molecule has 0 spiro atoms. The van der Waals surface area contributed by atoms with Gasteiger partial charge >= 0.3 is 0 Å². The third-order valence-electron chi connectivity index (χ3n) is 6.80. The van der Waals surface area contributed by atoms with Crippen molar-refractivity contribution in [3.8, 4) is 5.75 Å². The fourth-order valence-electron chi connectivity index (χ4n) is 5.43. The van der Waals surface area contributed by atoms with Crippen LogP contribution in [0.1, 0.15) is 13.3 Å². The maximum atomic E-state index is 13.1. The van der Waals surface area contributed by atoms with Gasteiger partial charge in [0.15, 0.2) is 0 Å². The minimum atomic E-state index is -0.836. The first kappa shape index (κ1) is 16.5. The van der Waals surface area contributed by atoms with Gasteiger partial charge in [-0.05, 0) is 49.1 Å². The third kappa shape index (κ3) is 2.28. The van der Waals surface area contributed by atoms with E-state index in [1.807, 2.05) is 0 Å². The SMILES string of the molecule is COc1cccc(NC(=O)[C@H](C)N2C(=O)[C@@H]3[C@H]4C=C[C@@H]([C@@H]5C[C@@H]45)[C@@H]3C2=O)c1. The second kappa shape index (κ2) is 5.68. The van der Waals surface area contributed by atoms with Crippen LogP contribution in [-0.4, -0.2) is 35.8 Å². The van der Waals surface area contributed by atoms with Crippen LogP contribution in [-0.2, 0) is 14.4 Å². The summed E-state index contributed by atoms with van der Waals surface area (Å²) in [4.78, 5) is 40.1. The number of amides is 3. The minimum absolute atomic E-state index is 0.167. The molecular weight excluding hydrogens is 344 g/mol. The number of carbonyl (C=O) groups is 3. The van der Waals surface area contributed by atoms with Crippen molar-refractivity contribution in [2.45, 2.75) is 19.4 Å². The van der Waals surface area contributed by atoms with Crippen LogP contribution in [0.4, 0.5) is 5.69 Å². The smallest absolute Gasteiger partial charge is 0.247 e. The van der Waals surface area contributed by atoms with E-state index < -0.39 is 6.04 Å². The predicted octanol–water partition coefficient (Wildman–Crippen LogP) is 2.08. The first-order valence-corrected chi connectivity index (χ1v) is 9.51. The molecule has 1 aromatic carbocycles. The number of benzene rings is 1. The topological polar surface area (TPSA) is 75.7 Å². The average molecular weight is 366 g/mol. The van der Waals surface area contributed by atoms with Crippen molar-refractivity contribution in [3.63, 3.8) is 0 Å². The van der Waals surface area contributed by atoms with Crippen LogP contribution in [0.3, 0.4) is 0 Å². The fourth-order valence-corrected chi connectivity index (χ4v) is 5.43. The Morgan fingerprint density at radius 2 is 1.78 bits per heavy atom. The predicted molar refractivity (Wildman–Crippen MR) is 97.6 cm³/mol. The van der Waals surface area contributed by atoms with E-state index in [4.69, 9.17) is 4.74 Å². The third-order valence-corrected chi connectivity index (χ3v) is 6.80. The summed E-state index contributed by atoms with van der Waals surface area (Å²) in [6, 6.07) is 6.17. The van der Waals surface area contributed by atoms with Gasteiger partial charge < -0.3 is 10.1 Å². The molecule has 1 aromatic rings. The van der Waals surface area contributed by atoms with Crippen molar-refractivity contribution in [2.24, 2.45) is 35.5 Å². The zero-order chi connectivity index (χ0) is 18.9. The van der Waals surface area contributed by atoms with Crippen LogP contribution >= 0.6 is 0 Å². The highest BCUT2D eigenvalue weighted by atomic mass is 16.5. The van der Waals surface area contributed by atoms with E-state index >= 15 is 0 Å². The highest BCUT2D eigenvalue weighted by Crippen LogP contribution is 2.65. The molecule has 6 heteroatoms. The summed E-state index contributed by atoms with van der Waals surface area (Å²) in [5.74, 6) is 0.797. The number of methoxy groups -OCH3 is 1. The van der Waals surface area contributed by atoms with Gasteiger partial charge in [0.1, 0.15) is 11.8 Å². The molecule has 1 heterocycles. The van der Waals surface area contributed by atoms with Crippen LogP contribution in [0.2, 0.25) is 0 Å². The Labute approximate surface area is 157 Å². The molecule has 27 heavy (non-hydrogen) atoms. The average Bonchev–Trinajstić information content (AvgIpc) is 3.45. The molecule has 3 fully saturated rings. The zero-order valence-corrected chi connectivity index (χ0v) is 15.3. The van der Waals surface area contributed by atoms with Crippen LogP contribution in [0.5, 0.6) is 5.75 Å². The van der Waals surface area contributed by atoms with Crippen LogP contribution in [0.25, 0.3) is 0 Å². The number of allylic oxidation sites excluding steroid dienone is 2. The summed E-state index contributed by atoms with van der Waals surface area (Å²) >= 11 is 0. The number of hydrogen-bond donors (Lipinski definition) is 1. The molecule has 0 aromatic heterocycles. The van der Waals surface area contributed by atoms with Gasteiger partial charge in [-0.3, -0.25) is 19.3 Å². The van der Waals surface area contributed by atoms with E-state index in [9.17, 15) is 14.4 Å². The van der Waals surface area contributed by atoms with Gasteiger partial charge in [0.2, 0.25) is 17.7 Å². The number of hydrogen-bond acceptors (Lipinski definition) is 4. The van der Waals surface area contributed by atoms with E-state index in [2.05, 4.69) is 17.5 Å². The first-order chi connectivity index (χ1) is 13.0. The molecular formula is C21H22N2O4. The van der Waals surface area contributed by atoms with E-state index in [1.54, 1.807) is 38.3 Å². The summed E-state index contributed by atoms with van der Waals surface area (Å²) < 4.78 is 5.16. The Hall–Kier alpha value is -2.63. The highest BCUT2D eigenvalue weighted by Gasteiger charge is 2.67. The molecule has 5 aliphatic rings. The minimum Gasteiger partial charge on any atom is -0.497 e. The number of nitrogens with one attached hydrogen (secondary N) is 1. The lowest BCUT2D eigenvalue weighted by molar-refractivity contribution is -0.146. The molecule has 6 rings (SSSR count). The van der Waals surface area contributed by atoms with Gasteiger partial charge in [-0.2, -0.15) is 0 Å². The van der Waals surface area contributed by atoms with Crippen LogP contribution < -0.4 is 10.1 Å². The van der Waals surface area contributed by atoms with E-state index in [0.29, 0.717) is 23.3 Å².